The first-order valence-electron chi connectivity index (χ1n) is 4.90. The summed E-state index contributed by atoms with van der Waals surface area (Å²) in [5, 5.41) is 10.9. The minimum absolute atomic E-state index is 0.0292. The highest BCUT2D eigenvalue weighted by molar-refractivity contribution is 5.55. The van der Waals surface area contributed by atoms with Crippen molar-refractivity contribution in [2.45, 2.75) is 19.4 Å². The third kappa shape index (κ3) is 1.92. The SMILES string of the molecule is CC(N)Cc1cc2c(cc1[N+](=O)[O-])OCO2. The number of fused-ring (bicyclic) bond motifs is 1. The molecule has 0 fully saturated rings. The van der Waals surface area contributed by atoms with Crippen molar-refractivity contribution in [2.75, 3.05) is 6.79 Å². The quantitative estimate of drug-likeness (QED) is 0.616. The lowest BCUT2D eigenvalue weighted by Crippen LogP contribution is -2.18. The van der Waals surface area contributed by atoms with E-state index < -0.39 is 4.92 Å². The number of nitrogens with zero attached hydrogens (tertiary/aromatic N) is 1. The fourth-order valence-corrected chi connectivity index (χ4v) is 1.65. The molecule has 6 heteroatoms. The van der Waals surface area contributed by atoms with E-state index in [1.54, 1.807) is 13.0 Å². The Bertz CT molecular complexity index is 431. The lowest BCUT2D eigenvalue weighted by molar-refractivity contribution is -0.385. The zero-order valence-electron chi connectivity index (χ0n) is 8.80. The van der Waals surface area contributed by atoms with E-state index in [9.17, 15) is 10.1 Å². The minimum atomic E-state index is -0.431. The van der Waals surface area contributed by atoms with Crippen LogP contribution in [-0.4, -0.2) is 17.8 Å². The Morgan fingerprint density at radius 3 is 2.69 bits per heavy atom. The van der Waals surface area contributed by atoms with Gasteiger partial charge < -0.3 is 15.2 Å². The van der Waals surface area contributed by atoms with Crippen molar-refractivity contribution < 1.29 is 14.4 Å². The van der Waals surface area contributed by atoms with E-state index in [-0.39, 0.29) is 18.5 Å². The van der Waals surface area contributed by atoms with E-state index in [0.29, 0.717) is 23.5 Å². The molecule has 86 valence electrons. The number of ether oxygens (including phenoxy) is 2. The molecule has 0 aromatic heterocycles. The van der Waals surface area contributed by atoms with Gasteiger partial charge in [0.05, 0.1) is 11.0 Å². The maximum atomic E-state index is 10.9. The lowest BCUT2D eigenvalue weighted by Gasteiger charge is -2.07. The summed E-state index contributed by atoms with van der Waals surface area (Å²) in [6.07, 6.45) is 0.437. The largest absolute Gasteiger partial charge is 0.454 e. The summed E-state index contributed by atoms with van der Waals surface area (Å²) in [6, 6.07) is 2.88. The van der Waals surface area contributed by atoms with Crippen molar-refractivity contribution in [1.29, 1.82) is 0 Å². The Balaban J connectivity index is 2.44. The van der Waals surface area contributed by atoms with Gasteiger partial charge >= 0.3 is 0 Å². The van der Waals surface area contributed by atoms with E-state index in [1.165, 1.54) is 6.07 Å². The minimum Gasteiger partial charge on any atom is -0.454 e. The molecule has 1 heterocycles. The van der Waals surface area contributed by atoms with E-state index >= 15 is 0 Å². The van der Waals surface area contributed by atoms with Crippen molar-refractivity contribution in [3.05, 3.63) is 27.8 Å². The standard InChI is InChI=1S/C10H12N2O4/c1-6(11)2-7-3-9-10(16-5-15-9)4-8(7)12(13)14/h3-4,6H,2,5,11H2,1H3. The van der Waals surface area contributed by atoms with Gasteiger partial charge in [-0.2, -0.15) is 0 Å². The second-order valence-corrected chi connectivity index (χ2v) is 3.77. The van der Waals surface area contributed by atoms with Gasteiger partial charge in [-0.25, -0.2) is 0 Å². The average Bonchev–Trinajstić information content (AvgIpc) is 2.62. The molecule has 1 aliphatic rings. The van der Waals surface area contributed by atoms with Crippen LogP contribution >= 0.6 is 0 Å². The molecular weight excluding hydrogens is 212 g/mol. The number of rotatable bonds is 3. The Morgan fingerprint density at radius 2 is 2.12 bits per heavy atom. The van der Waals surface area contributed by atoms with Gasteiger partial charge in [0.15, 0.2) is 11.5 Å². The third-order valence-corrected chi connectivity index (χ3v) is 2.31. The van der Waals surface area contributed by atoms with E-state index in [0.717, 1.165) is 0 Å². The van der Waals surface area contributed by atoms with Gasteiger partial charge in [-0.3, -0.25) is 10.1 Å². The molecule has 0 aliphatic carbocycles. The van der Waals surface area contributed by atoms with Gasteiger partial charge in [0.1, 0.15) is 0 Å². The lowest BCUT2D eigenvalue weighted by atomic mass is 10.0. The zero-order chi connectivity index (χ0) is 11.7. The second kappa shape index (κ2) is 3.97. The first-order valence-corrected chi connectivity index (χ1v) is 4.90. The van der Waals surface area contributed by atoms with Crippen LogP contribution in [0.1, 0.15) is 12.5 Å². The predicted molar refractivity (Wildman–Crippen MR) is 56.6 cm³/mol. The van der Waals surface area contributed by atoms with E-state index in [4.69, 9.17) is 15.2 Å². The molecule has 2 rings (SSSR count). The van der Waals surface area contributed by atoms with Crippen molar-refractivity contribution in [3.8, 4) is 11.5 Å². The van der Waals surface area contributed by atoms with Gasteiger partial charge in [0.25, 0.3) is 5.69 Å². The van der Waals surface area contributed by atoms with Crippen LogP contribution in [0.15, 0.2) is 12.1 Å². The molecule has 1 aromatic rings. The summed E-state index contributed by atoms with van der Waals surface area (Å²) in [5.74, 6) is 0.960. The van der Waals surface area contributed by atoms with Crippen molar-refractivity contribution in [1.82, 2.24) is 0 Å². The second-order valence-electron chi connectivity index (χ2n) is 3.77. The van der Waals surface area contributed by atoms with E-state index in [1.807, 2.05) is 0 Å². The van der Waals surface area contributed by atoms with Crippen LogP contribution < -0.4 is 15.2 Å². The average molecular weight is 224 g/mol. The topological polar surface area (TPSA) is 87.6 Å². The number of hydrogen-bond acceptors (Lipinski definition) is 5. The highest BCUT2D eigenvalue weighted by Crippen LogP contribution is 2.38. The van der Waals surface area contributed by atoms with Crippen LogP contribution in [0.4, 0.5) is 5.69 Å². The number of nitro benzene ring substituents is 1. The monoisotopic (exact) mass is 224 g/mol. The first kappa shape index (κ1) is 10.7. The highest BCUT2D eigenvalue weighted by Gasteiger charge is 2.23. The first-order chi connectivity index (χ1) is 7.58. The van der Waals surface area contributed by atoms with Gasteiger partial charge in [-0.05, 0) is 19.4 Å². The Kier molecular flexibility index (Phi) is 2.66. The summed E-state index contributed by atoms with van der Waals surface area (Å²) in [7, 11) is 0. The molecule has 1 atom stereocenters. The van der Waals surface area contributed by atoms with Crippen LogP contribution in [-0.2, 0) is 6.42 Å². The summed E-state index contributed by atoms with van der Waals surface area (Å²) in [4.78, 5) is 10.4. The summed E-state index contributed by atoms with van der Waals surface area (Å²) in [6.45, 7) is 1.91. The number of nitrogens with two attached hydrogens (primary N) is 1. The van der Waals surface area contributed by atoms with Gasteiger partial charge in [-0.15, -0.1) is 0 Å². The van der Waals surface area contributed by atoms with Gasteiger partial charge in [0, 0.05) is 11.6 Å². The summed E-state index contributed by atoms with van der Waals surface area (Å²) in [5.41, 5.74) is 6.25. The molecule has 1 aliphatic heterocycles. The normalized spacial score (nSPS) is 14.9. The summed E-state index contributed by atoms with van der Waals surface area (Å²) >= 11 is 0. The molecule has 0 saturated heterocycles. The van der Waals surface area contributed by atoms with Gasteiger partial charge in [-0.1, -0.05) is 0 Å². The fraction of sp³-hybridized carbons (Fsp3) is 0.400. The smallest absolute Gasteiger partial charge is 0.276 e. The van der Waals surface area contributed by atoms with Crippen LogP contribution in [0.25, 0.3) is 0 Å². The van der Waals surface area contributed by atoms with Crippen LogP contribution in [0, 0.1) is 10.1 Å². The van der Waals surface area contributed by atoms with Crippen molar-refractivity contribution >= 4 is 5.69 Å². The molecule has 1 unspecified atom stereocenters. The van der Waals surface area contributed by atoms with Crippen molar-refractivity contribution in [3.63, 3.8) is 0 Å². The van der Waals surface area contributed by atoms with E-state index in [2.05, 4.69) is 0 Å². The molecule has 0 bridgehead atoms. The number of hydrogen-bond donors (Lipinski definition) is 1. The van der Waals surface area contributed by atoms with Crippen LogP contribution in [0.3, 0.4) is 0 Å². The van der Waals surface area contributed by atoms with Crippen molar-refractivity contribution in [2.24, 2.45) is 5.73 Å². The molecule has 6 nitrogen and oxygen atoms in total. The maximum absolute atomic E-state index is 10.9. The Hall–Kier alpha value is -1.82. The van der Waals surface area contributed by atoms with Crippen LogP contribution in [0.2, 0.25) is 0 Å². The number of nitro groups is 1. The molecule has 0 spiro atoms. The molecule has 0 radical (unpaired) electrons. The Labute approximate surface area is 92.1 Å². The fourth-order valence-electron chi connectivity index (χ4n) is 1.65. The van der Waals surface area contributed by atoms with Gasteiger partial charge in [0.2, 0.25) is 6.79 Å². The maximum Gasteiger partial charge on any atom is 0.276 e. The molecule has 2 N–H and O–H groups in total. The summed E-state index contributed by atoms with van der Waals surface area (Å²) < 4.78 is 10.3. The zero-order valence-corrected chi connectivity index (χ0v) is 8.80. The molecular formula is C10H12N2O4. The molecule has 0 amide bonds. The number of benzene rings is 1. The molecule has 1 aromatic carbocycles. The third-order valence-electron chi connectivity index (χ3n) is 2.31. The predicted octanol–water partition coefficient (Wildman–Crippen LogP) is 1.21. The Morgan fingerprint density at radius 1 is 1.50 bits per heavy atom. The van der Waals surface area contributed by atoms with Crippen LogP contribution in [0.5, 0.6) is 11.5 Å². The molecule has 16 heavy (non-hydrogen) atoms. The highest BCUT2D eigenvalue weighted by atomic mass is 16.7. The molecule has 0 saturated carbocycles.